The molecule has 1 amide bonds. The molecule has 0 radical (unpaired) electrons. The van der Waals surface area contributed by atoms with E-state index in [0.717, 1.165) is 17.7 Å². The van der Waals surface area contributed by atoms with Gasteiger partial charge in [-0.05, 0) is 31.0 Å². The summed E-state index contributed by atoms with van der Waals surface area (Å²) >= 11 is 0. The second kappa shape index (κ2) is 6.91. The number of carbonyl (C=O) groups is 1. The van der Waals surface area contributed by atoms with E-state index >= 15 is 0 Å². The number of amides is 1. The van der Waals surface area contributed by atoms with Gasteiger partial charge in [0.1, 0.15) is 18.2 Å². The third-order valence-electron chi connectivity index (χ3n) is 4.48. The van der Waals surface area contributed by atoms with Gasteiger partial charge in [0, 0.05) is 30.6 Å². The van der Waals surface area contributed by atoms with E-state index in [-0.39, 0.29) is 24.6 Å². The van der Waals surface area contributed by atoms with Gasteiger partial charge in [0.25, 0.3) is 5.56 Å². The van der Waals surface area contributed by atoms with Crippen LogP contribution >= 0.6 is 0 Å². The van der Waals surface area contributed by atoms with Gasteiger partial charge < -0.3 is 14.2 Å². The maximum Gasteiger partial charge on any atom is 0.269 e. The lowest BCUT2D eigenvalue weighted by atomic mass is 10.1. The molecule has 3 rings (SSSR count). The van der Waals surface area contributed by atoms with Crippen LogP contribution in [0.25, 0.3) is 0 Å². The fourth-order valence-corrected chi connectivity index (χ4v) is 3.24. The van der Waals surface area contributed by atoms with E-state index in [9.17, 15) is 14.9 Å². The van der Waals surface area contributed by atoms with Crippen LogP contribution < -0.4 is 10.5 Å². The van der Waals surface area contributed by atoms with Gasteiger partial charge in [0.15, 0.2) is 0 Å². The van der Waals surface area contributed by atoms with Crippen molar-refractivity contribution in [1.82, 2.24) is 4.57 Å². The molecule has 6 nitrogen and oxygen atoms in total. The van der Waals surface area contributed by atoms with Crippen LogP contribution in [0.2, 0.25) is 0 Å². The van der Waals surface area contributed by atoms with Crippen molar-refractivity contribution in [3.05, 3.63) is 63.1 Å². The summed E-state index contributed by atoms with van der Waals surface area (Å²) in [6.45, 7) is 2.47. The first kappa shape index (κ1) is 16.9. The number of benzene rings is 1. The number of ether oxygens (including phenoxy) is 1. The average molecular weight is 337 g/mol. The summed E-state index contributed by atoms with van der Waals surface area (Å²) in [6.07, 6.45) is 0.812. The number of methoxy groups -OCH3 is 1. The Morgan fingerprint density at radius 1 is 1.36 bits per heavy atom. The molecule has 0 fully saturated rings. The van der Waals surface area contributed by atoms with Gasteiger partial charge in [-0.3, -0.25) is 9.59 Å². The molecule has 0 saturated heterocycles. The highest BCUT2D eigenvalue weighted by Crippen LogP contribution is 2.27. The van der Waals surface area contributed by atoms with Crippen molar-refractivity contribution in [1.29, 1.82) is 5.26 Å². The number of rotatable bonds is 4. The summed E-state index contributed by atoms with van der Waals surface area (Å²) in [6, 6.07) is 11.4. The molecule has 25 heavy (non-hydrogen) atoms. The standard InChI is InChI=1S/C19H19N3O3/c1-13-9-15(12-25-2)16(10-20)19(24)22(13)11-18(23)21-8-7-14-5-3-4-6-17(14)21/h3-6,9H,7-8,11-12H2,1-2H3. The molecule has 0 aliphatic carbocycles. The number of para-hydroxylation sites is 1. The fourth-order valence-electron chi connectivity index (χ4n) is 3.24. The van der Waals surface area contributed by atoms with E-state index < -0.39 is 5.56 Å². The lowest BCUT2D eigenvalue weighted by Crippen LogP contribution is -2.37. The zero-order chi connectivity index (χ0) is 18.0. The topological polar surface area (TPSA) is 75.3 Å². The number of carbonyl (C=O) groups excluding carboxylic acids is 1. The van der Waals surface area contributed by atoms with Crippen LogP contribution in [0.15, 0.2) is 35.1 Å². The normalized spacial score (nSPS) is 12.8. The Balaban J connectivity index is 1.93. The highest BCUT2D eigenvalue weighted by molar-refractivity contribution is 5.95. The van der Waals surface area contributed by atoms with Crippen LogP contribution in [0.5, 0.6) is 0 Å². The number of aryl methyl sites for hydroxylation is 1. The summed E-state index contributed by atoms with van der Waals surface area (Å²) < 4.78 is 6.41. The van der Waals surface area contributed by atoms with Gasteiger partial charge in [0.05, 0.1) is 6.61 Å². The molecule has 0 spiro atoms. The highest BCUT2D eigenvalue weighted by Gasteiger charge is 2.25. The molecule has 128 valence electrons. The van der Waals surface area contributed by atoms with Crippen LogP contribution in [0, 0.1) is 18.3 Å². The summed E-state index contributed by atoms with van der Waals surface area (Å²) in [7, 11) is 1.51. The van der Waals surface area contributed by atoms with Crippen molar-refractivity contribution in [2.75, 3.05) is 18.6 Å². The minimum atomic E-state index is -0.449. The average Bonchev–Trinajstić information content (AvgIpc) is 3.03. The molecule has 2 aromatic rings. The molecular weight excluding hydrogens is 318 g/mol. The van der Waals surface area contributed by atoms with Crippen molar-refractivity contribution < 1.29 is 9.53 Å². The molecule has 2 heterocycles. The molecule has 1 aliphatic rings. The van der Waals surface area contributed by atoms with Gasteiger partial charge in [-0.15, -0.1) is 0 Å². The van der Waals surface area contributed by atoms with Crippen molar-refractivity contribution in [3.63, 3.8) is 0 Å². The molecule has 0 N–H and O–H groups in total. The summed E-state index contributed by atoms with van der Waals surface area (Å²) in [5.74, 6) is -0.154. The van der Waals surface area contributed by atoms with E-state index in [1.165, 1.54) is 11.7 Å². The van der Waals surface area contributed by atoms with Crippen LogP contribution in [0.3, 0.4) is 0 Å². The summed E-state index contributed by atoms with van der Waals surface area (Å²) in [5.41, 5.74) is 2.79. The SMILES string of the molecule is COCc1cc(C)n(CC(=O)N2CCc3ccccc32)c(=O)c1C#N. The maximum absolute atomic E-state index is 12.8. The van der Waals surface area contributed by atoms with Gasteiger partial charge in [-0.25, -0.2) is 0 Å². The van der Waals surface area contributed by atoms with Gasteiger partial charge in [-0.2, -0.15) is 5.26 Å². The smallest absolute Gasteiger partial charge is 0.269 e. The minimum Gasteiger partial charge on any atom is -0.380 e. The Hall–Kier alpha value is -2.91. The number of pyridine rings is 1. The second-order valence-electron chi connectivity index (χ2n) is 6.05. The van der Waals surface area contributed by atoms with Gasteiger partial charge >= 0.3 is 0 Å². The number of aromatic nitrogens is 1. The van der Waals surface area contributed by atoms with Crippen LogP contribution in [0.1, 0.15) is 22.4 Å². The predicted octanol–water partition coefficient (Wildman–Crippen LogP) is 1.76. The van der Waals surface area contributed by atoms with Crippen molar-refractivity contribution in [3.8, 4) is 6.07 Å². The molecular formula is C19H19N3O3. The number of nitrogens with zero attached hydrogens (tertiary/aromatic N) is 3. The van der Waals surface area contributed by atoms with Crippen LogP contribution in [0.4, 0.5) is 5.69 Å². The molecule has 1 aromatic heterocycles. The number of nitriles is 1. The van der Waals surface area contributed by atoms with Crippen molar-refractivity contribution >= 4 is 11.6 Å². The fraction of sp³-hybridized carbons (Fsp3) is 0.316. The zero-order valence-corrected chi connectivity index (χ0v) is 14.3. The quantitative estimate of drug-likeness (QED) is 0.852. The Bertz CT molecular complexity index is 924. The lowest BCUT2D eigenvalue weighted by Gasteiger charge is -2.19. The van der Waals surface area contributed by atoms with E-state index in [0.29, 0.717) is 17.8 Å². The van der Waals surface area contributed by atoms with Crippen molar-refractivity contribution in [2.45, 2.75) is 26.5 Å². The molecule has 6 heteroatoms. The first-order valence-electron chi connectivity index (χ1n) is 8.07. The lowest BCUT2D eigenvalue weighted by molar-refractivity contribution is -0.119. The Morgan fingerprint density at radius 3 is 2.84 bits per heavy atom. The number of hydrogen-bond acceptors (Lipinski definition) is 4. The number of anilines is 1. The van der Waals surface area contributed by atoms with Gasteiger partial charge in [-0.1, -0.05) is 18.2 Å². The monoisotopic (exact) mass is 337 g/mol. The number of fused-ring (bicyclic) bond motifs is 1. The Kier molecular flexibility index (Phi) is 4.68. The third kappa shape index (κ3) is 3.06. The molecule has 0 bridgehead atoms. The molecule has 0 saturated carbocycles. The van der Waals surface area contributed by atoms with Crippen LogP contribution in [-0.4, -0.2) is 24.1 Å². The minimum absolute atomic E-state index is 0.0297. The first-order valence-corrected chi connectivity index (χ1v) is 8.07. The van der Waals surface area contributed by atoms with Gasteiger partial charge in [0.2, 0.25) is 5.91 Å². The predicted molar refractivity (Wildman–Crippen MR) is 93.4 cm³/mol. The third-order valence-corrected chi connectivity index (χ3v) is 4.48. The number of hydrogen-bond donors (Lipinski definition) is 0. The van der Waals surface area contributed by atoms with E-state index in [1.807, 2.05) is 30.3 Å². The molecule has 0 unspecified atom stereocenters. The van der Waals surface area contributed by atoms with E-state index in [1.54, 1.807) is 17.9 Å². The molecule has 0 atom stereocenters. The second-order valence-corrected chi connectivity index (χ2v) is 6.05. The van der Waals surface area contributed by atoms with Crippen molar-refractivity contribution in [2.24, 2.45) is 0 Å². The van der Waals surface area contributed by atoms with E-state index in [2.05, 4.69) is 0 Å². The van der Waals surface area contributed by atoms with E-state index in [4.69, 9.17) is 4.74 Å². The highest BCUT2D eigenvalue weighted by atomic mass is 16.5. The summed E-state index contributed by atoms with van der Waals surface area (Å²) in [5, 5.41) is 9.30. The maximum atomic E-state index is 12.8. The summed E-state index contributed by atoms with van der Waals surface area (Å²) in [4.78, 5) is 27.1. The molecule has 1 aromatic carbocycles. The Morgan fingerprint density at radius 2 is 2.12 bits per heavy atom. The zero-order valence-electron chi connectivity index (χ0n) is 14.3. The molecule has 1 aliphatic heterocycles. The largest absolute Gasteiger partial charge is 0.380 e. The Labute approximate surface area is 145 Å². The van der Waals surface area contributed by atoms with Crippen LogP contribution in [-0.2, 0) is 29.1 Å². The first-order chi connectivity index (χ1) is 12.1.